The molecule has 130 valence electrons. The van der Waals surface area contributed by atoms with Crippen LogP contribution in [0.15, 0.2) is 30.6 Å². The van der Waals surface area contributed by atoms with Crippen LogP contribution in [0.1, 0.15) is 48.7 Å². The van der Waals surface area contributed by atoms with Gasteiger partial charge >= 0.3 is 5.97 Å². The first-order chi connectivity index (χ1) is 12.0. The van der Waals surface area contributed by atoms with E-state index in [1.807, 2.05) is 31.4 Å². The molecule has 0 aliphatic heterocycles. The standard InChI is InChI=1S/C20H23N3O2/c1-5-15-7-8-17-19(14-9-12(3)10-21-11-14)18(13(4)22-23(15)17)16(6-2)20(24)25/h7-11,16H,5-6H2,1-4H3,(H,24,25). The summed E-state index contributed by atoms with van der Waals surface area (Å²) in [5.74, 6) is -1.41. The van der Waals surface area contributed by atoms with Gasteiger partial charge < -0.3 is 5.11 Å². The Balaban J connectivity index is 2.44. The van der Waals surface area contributed by atoms with Crippen LogP contribution in [0.4, 0.5) is 0 Å². The zero-order valence-corrected chi connectivity index (χ0v) is 15.1. The van der Waals surface area contributed by atoms with E-state index in [1.54, 1.807) is 12.4 Å². The molecule has 0 aliphatic rings. The summed E-state index contributed by atoms with van der Waals surface area (Å²) in [6, 6.07) is 6.14. The molecule has 0 aromatic carbocycles. The molecule has 0 radical (unpaired) electrons. The molecule has 0 saturated carbocycles. The van der Waals surface area contributed by atoms with Crippen LogP contribution in [0.5, 0.6) is 0 Å². The average molecular weight is 337 g/mol. The van der Waals surface area contributed by atoms with Crippen molar-refractivity contribution in [2.75, 3.05) is 0 Å². The first-order valence-electron chi connectivity index (χ1n) is 8.63. The molecule has 5 nitrogen and oxygen atoms in total. The van der Waals surface area contributed by atoms with Crippen molar-refractivity contribution >= 4 is 11.5 Å². The van der Waals surface area contributed by atoms with Crippen LogP contribution in [0.25, 0.3) is 16.6 Å². The molecule has 3 heterocycles. The van der Waals surface area contributed by atoms with E-state index < -0.39 is 11.9 Å². The summed E-state index contributed by atoms with van der Waals surface area (Å²) in [5, 5.41) is 14.4. The summed E-state index contributed by atoms with van der Waals surface area (Å²) in [7, 11) is 0. The van der Waals surface area contributed by atoms with Gasteiger partial charge in [-0.3, -0.25) is 9.78 Å². The van der Waals surface area contributed by atoms with Gasteiger partial charge in [0.25, 0.3) is 0 Å². The fourth-order valence-electron chi connectivity index (χ4n) is 3.49. The van der Waals surface area contributed by atoms with Crippen LogP contribution in [-0.4, -0.2) is 25.7 Å². The summed E-state index contributed by atoms with van der Waals surface area (Å²) < 4.78 is 1.94. The van der Waals surface area contributed by atoms with Crippen molar-refractivity contribution in [3.8, 4) is 11.1 Å². The number of pyridine rings is 1. The van der Waals surface area contributed by atoms with E-state index in [2.05, 4.69) is 24.0 Å². The highest BCUT2D eigenvalue weighted by Gasteiger charge is 2.27. The quantitative estimate of drug-likeness (QED) is 0.759. The highest BCUT2D eigenvalue weighted by Crippen LogP contribution is 2.37. The first kappa shape index (κ1) is 17.1. The number of nitrogens with zero attached hydrogens (tertiary/aromatic N) is 3. The summed E-state index contributed by atoms with van der Waals surface area (Å²) in [6.07, 6.45) is 4.99. The van der Waals surface area contributed by atoms with Gasteiger partial charge in [0, 0.05) is 29.2 Å². The van der Waals surface area contributed by atoms with Crippen LogP contribution in [0.3, 0.4) is 0 Å². The van der Waals surface area contributed by atoms with Crippen molar-refractivity contribution in [1.29, 1.82) is 0 Å². The molecular weight excluding hydrogens is 314 g/mol. The molecule has 3 aromatic rings. The number of carboxylic acid groups (broad SMARTS) is 1. The maximum atomic E-state index is 11.9. The number of aliphatic carboxylic acids is 1. The van der Waals surface area contributed by atoms with Crippen LogP contribution in [0, 0.1) is 13.8 Å². The van der Waals surface area contributed by atoms with Gasteiger partial charge in [-0.15, -0.1) is 0 Å². The minimum atomic E-state index is -0.819. The highest BCUT2D eigenvalue weighted by atomic mass is 16.4. The normalized spacial score (nSPS) is 12.5. The van der Waals surface area contributed by atoms with Gasteiger partial charge in [0.15, 0.2) is 0 Å². The molecule has 25 heavy (non-hydrogen) atoms. The van der Waals surface area contributed by atoms with Crippen LogP contribution in [-0.2, 0) is 11.2 Å². The molecule has 3 aromatic heterocycles. The second kappa shape index (κ2) is 6.67. The Labute approximate surface area is 147 Å². The Bertz CT molecular complexity index is 944. The van der Waals surface area contributed by atoms with Gasteiger partial charge in [-0.05, 0) is 56.0 Å². The van der Waals surface area contributed by atoms with Crippen molar-refractivity contribution < 1.29 is 9.90 Å². The molecular formula is C20H23N3O2. The lowest BCUT2D eigenvalue weighted by Gasteiger charge is -2.20. The third-order valence-corrected chi connectivity index (χ3v) is 4.68. The van der Waals surface area contributed by atoms with Gasteiger partial charge in [0.05, 0.1) is 17.1 Å². The van der Waals surface area contributed by atoms with Crippen molar-refractivity contribution in [1.82, 2.24) is 14.6 Å². The van der Waals surface area contributed by atoms with Gasteiger partial charge in [0.2, 0.25) is 0 Å². The highest BCUT2D eigenvalue weighted by molar-refractivity contribution is 5.89. The van der Waals surface area contributed by atoms with E-state index in [0.29, 0.717) is 6.42 Å². The summed E-state index contributed by atoms with van der Waals surface area (Å²) in [6.45, 7) is 7.88. The predicted molar refractivity (Wildman–Crippen MR) is 97.9 cm³/mol. The fraction of sp³-hybridized carbons (Fsp3) is 0.350. The van der Waals surface area contributed by atoms with E-state index in [-0.39, 0.29) is 0 Å². The Morgan fingerprint density at radius 3 is 2.60 bits per heavy atom. The number of fused-ring (bicyclic) bond motifs is 1. The van der Waals surface area contributed by atoms with E-state index in [1.165, 1.54) is 0 Å². The van der Waals surface area contributed by atoms with Gasteiger partial charge in [0.1, 0.15) is 0 Å². The third-order valence-electron chi connectivity index (χ3n) is 4.68. The number of hydrogen-bond donors (Lipinski definition) is 1. The van der Waals surface area contributed by atoms with Gasteiger partial charge in [-0.2, -0.15) is 5.10 Å². The lowest BCUT2D eigenvalue weighted by molar-refractivity contribution is -0.138. The molecule has 0 amide bonds. The van der Waals surface area contributed by atoms with E-state index in [4.69, 9.17) is 5.10 Å². The molecule has 1 unspecified atom stereocenters. The molecule has 3 rings (SSSR count). The molecule has 0 bridgehead atoms. The van der Waals surface area contributed by atoms with E-state index in [9.17, 15) is 9.90 Å². The van der Waals surface area contributed by atoms with E-state index in [0.717, 1.165) is 45.6 Å². The number of rotatable bonds is 5. The van der Waals surface area contributed by atoms with Crippen LogP contribution in [0.2, 0.25) is 0 Å². The van der Waals surface area contributed by atoms with Crippen LogP contribution >= 0.6 is 0 Å². The predicted octanol–water partition coefficient (Wildman–Crippen LogP) is 4.15. The topological polar surface area (TPSA) is 67.5 Å². The number of carbonyl (C=O) groups is 1. The second-order valence-electron chi connectivity index (χ2n) is 6.40. The Morgan fingerprint density at radius 2 is 2.00 bits per heavy atom. The molecule has 0 saturated heterocycles. The Hall–Kier alpha value is -2.69. The zero-order chi connectivity index (χ0) is 18.1. The maximum absolute atomic E-state index is 11.9. The second-order valence-corrected chi connectivity index (χ2v) is 6.40. The van der Waals surface area contributed by atoms with E-state index >= 15 is 0 Å². The minimum absolute atomic E-state index is 0.515. The molecule has 0 spiro atoms. The molecule has 0 fully saturated rings. The lowest BCUT2D eigenvalue weighted by atomic mass is 9.88. The van der Waals surface area contributed by atoms with Crippen molar-refractivity contribution in [3.05, 3.63) is 53.1 Å². The number of aryl methyl sites for hydroxylation is 3. The van der Waals surface area contributed by atoms with Gasteiger partial charge in [-0.1, -0.05) is 13.8 Å². The smallest absolute Gasteiger partial charge is 0.311 e. The first-order valence-corrected chi connectivity index (χ1v) is 8.63. The monoisotopic (exact) mass is 337 g/mol. The molecule has 1 N–H and O–H groups in total. The summed E-state index contributed by atoms with van der Waals surface area (Å²) >= 11 is 0. The molecule has 5 heteroatoms. The largest absolute Gasteiger partial charge is 0.481 e. The minimum Gasteiger partial charge on any atom is -0.481 e. The third kappa shape index (κ3) is 2.90. The van der Waals surface area contributed by atoms with Crippen molar-refractivity contribution in [2.24, 2.45) is 0 Å². The molecule has 1 atom stereocenters. The maximum Gasteiger partial charge on any atom is 0.311 e. The van der Waals surface area contributed by atoms with Crippen molar-refractivity contribution in [3.63, 3.8) is 0 Å². The summed E-state index contributed by atoms with van der Waals surface area (Å²) in [4.78, 5) is 16.2. The van der Waals surface area contributed by atoms with Crippen molar-refractivity contribution in [2.45, 2.75) is 46.5 Å². The summed E-state index contributed by atoms with van der Waals surface area (Å²) in [5.41, 5.74) is 6.49. The molecule has 0 aliphatic carbocycles. The number of carboxylic acids is 1. The average Bonchev–Trinajstić information content (AvgIpc) is 2.97. The number of aromatic nitrogens is 3. The SMILES string of the molecule is CCc1ccc2c(-c3cncc(C)c3)c(C(CC)C(=O)O)c(C)nn12. The Morgan fingerprint density at radius 1 is 1.24 bits per heavy atom. The number of hydrogen-bond acceptors (Lipinski definition) is 3. The Kier molecular flexibility index (Phi) is 4.57. The lowest BCUT2D eigenvalue weighted by Crippen LogP contribution is -2.16. The fourth-order valence-corrected chi connectivity index (χ4v) is 3.49. The van der Waals surface area contributed by atoms with Crippen LogP contribution < -0.4 is 0 Å². The van der Waals surface area contributed by atoms with Gasteiger partial charge in [-0.25, -0.2) is 4.52 Å². The zero-order valence-electron chi connectivity index (χ0n) is 15.1.